The largest absolute Gasteiger partial charge is 0.497 e. The highest BCUT2D eigenvalue weighted by atomic mass is 32.1. The van der Waals surface area contributed by atoms with Crippen molar-refractivity contribution in [1.29, 1.82) is 0 Å². The minimum absolute atomic E-state index is 0.000313. The number of hydrogen-bond acceptors (Lipinski definition) is 5. The second kappa shape index (κ2) is 6.96. The average molecular weight is 367 g/mol. The van der Waals surface area contributed by atoms with Crippen molar-refractivity contribution in [1.82, 2.24) is 10.3 Å². The molecule has 0 spiro atoms. The monoisotopic (exact) mass is 367 g/mol. The van der Waals surface area contributed by atoms with E-state index in [4.69, 9.17) is 9.72 Å². The molecule has 5 nitrogen and oxygen atoms in total. The Kier molecular flexibility index (Phi) is 4.51. The standard InChI is InChI=1S/C20H21N3O2S/c1-13(24)21-18-12-23(20-22-17-5-3-4-6-19(17)26-20)11-16(18)14-7-9-15(25-2)10-8-14/h3-10,16,18H,11-12H2,1-2H3,(H,21,24)/t16-,18+/m0/s1. The molecular weight excluding hydrogens is 346 g/mol. The molecule has 1 amide bonds. The summed E-state index contributed by atoms with van der Waals surface area (Å²) in [5, 5.41) is 4.13. The van der Waals surface area contributed by atoms with Crippen molar-refractivity contribution in [3.63, 3.8) is 0 Å². The number of thiazole rings is 1. The van der Waals surface area contributed by atoms with Crippen molar-refractivity contribution in [3.05, 3.63) is 54.1 Å². The minimum atomic E-state index is -0.000313. The number of carbonyl (C=O) groups is 1. The van der Waals surface area contributed by atoms with E-state index >= 15 is 0 Å². The number of fused-ring (bicyclic) bond motifs is 1. The SMILES string of the molecule is COc1ccc([C@@H]2CN(c3nc4ccccc4s3)C[C@H]2NC(C)=O)cc1. The van der Waals surface area contributed by atoms with Crippen molar-refractivity contribution < 1.29 is 9.53 Å². The van der Waals surface area contributed by atoms with Crippen LogP contribution in [0.25, 0.3) is 10.2 Å². The summed E-state index contributed by atoms with van der Waals surface area (Å²) in [4.78, 5) is 18.8. The maximum Gasteiger partial charge on any atom is 0.217 e. The molecule has 134 valence electrons. The van der Waals surface area contributed by atoms with Crippen LogP contribution in [0.2, 0.25) is 0 Å². The van der Waals surface area contributed by atoms with Gasteiger partial charge < -0.3 is 15.0 Å². The van der Waals surface area contributed by atoms with Gasteiger partial charge in [0.15, 0.2) is 5.13 Å². The fourth-order valence-corrected chi connectivity index (χ4v) is 4.54. The normalized spacial score (nSPS) is 19.7. The number of nitrogens with one attached hydrogen (secondary N) is 1. The Morgan fingerprint density at radius 3 is 2.65 bits per heavy atom. The Hall–Kier alpha value is -2.60. The first-order chi connectivity index (χ1) is 12.6. The van der Waals surface area contributed by atoms with E-state index in [0.29, 0.717) is 0 Å². The molecule has 3 aromatic rings. The van der Waals surface area contributed by atoms with Crippen LogP contribution in [0.4, 0.5) is 5.13 Å². The molecule has 1 aliphatic heterocycles. The maximum atomic E-state index is 11.7. The third-order valence-electron chi connectivity index (χ3n) is 4.81. The number of benzene rings is 2. The van der Waals surface area contributed by atoms with Gasteiger partial charge in [0.05, 0.1) is 23.4 Å². The van der Waals surface area contributed by atoms with Crippen molar-refractivity contribution in [2.24, 2.45) is 0 Å². The van der Waals surface area contributed by atoms with Crippen LogP contribution >= 0.6 is 11.3 Å². The Labute approximate surface area is 156 Å². The quantitative estimate of drug-likeness (QED) is 0.768. The molecule has 0 unspecified atom stereocenters. The van der Waals surface area contributed by atoms with Crippen LogP contribution in [0.5, 0.6) is 5.75 Å². The molecule has 1 aliphatic rings. The van der Waals surface area contributed by atoms with E-state index in [9.17, 15) is 4.79 Å². The molecule has 2 aromatic carbocycles. The van der Waals surface area contributed by atoms with E-state index in [1.54, 1.807) is 25.4 Å². The summed E-state index contributed by atoms with van der Waals surface area (Å²) in [6.07, 6.45) is 0. The molecule has 1 fully saturated rings. The second-order valence-electron chi connectivity index (χ2n) is 6.56. The van der Waals surface area contributed by atoms with Crippen LogP contribution < -0.4 is 15.0 Å². The van der Waals surface area contributed by atoms with Crippen LogP contribution in [0.1, 0.15) is 18.4 Å². The molecule has 1 saturated heterocycles. The smallest absolute Gasteiger partial charge is 0.217 e. The predicted octanol–water partition coefficient (Wildman–Crippen LogP) is 3.41. The number of amides is 1. The first-order valence-electron chi connectivity index (χ1n) is 8.65. The maximum absolute atomic E-state index is 11.7. The molecule has 6 heteroatoms. The number of aromatic nitrogens is 1. The molecule has 0 aliphatic carbocycles. The number of methoxy groups -OCH3 is 1. The van der Waals surface area contributed by atoms with Gasteiger partial charge in [-0.25, -0.2) is 4.98 Å². The van der Waals surface area contributed by atoms with E-state index in [2.05, 4.69) is 28.4 Å². The summed E-state index contributed by atoms with van der Waals surface area (Å²) in [6, 6.07) is 16.4. The Morgan fingerprint density at radius 2 is 1.96 bits per heavy atom. The van der Waals surface area contributed by atoms with Crippen molar-refractivity contribution in [2.45, 2.75) is 18.9 Å². The lowest BCUT2D eigenvalue weighted by Gasteiger charge is -2.19. The fourth-order valence-electron chi connectivity index (χ4n) is 3.55. The van der Waals surface area contributed by atoms with Gasteiger partial charge in [0.25, 0.3) is 0 Å². The Bertz CT molecular complexity index is 889. The van der Waals surface area contributed by atoms with Crippen LogP contribution in [0.15, 0.2) is 48.5 Å². The molecule has 0 saturated carbocycles. The topological polar surface area (TPSA) is 54.5 Å². The van der Waals surface area contributed by atoms with E-state index in [1.807, 2.05) is 30.3 Å². The van der Waals surface area contributed by atoms with Gasteiger partial charge in [-0.3, -0.25) is 4.79 Å². The zero-order valence-corrected chi connectivity index (χ0v) is 15.6. The Balaban J connectivity index is 1.62. The predicted molar refractivity (Wildman–Crippen MR) is 105 cm³/mol. The highest BCUT2D eigenvalue weighted by Crippen LogP contribution is 2.35. The molecule has 0 bridgehead atoms. The lowest BCUT2D eigenvalue weighted by Crippen LogP contribution is -2.38. The van der Waals surface area contributed by atoms with Crippen LogP contribution in [0, 0.1) is 0 Å². The summed E-state index contributed by atoms with van der Waals surface area (Å²) in [5.41, 5.74) is 2.23. The summed E-state index contributed by atoms with van der Waals surface area (Å²) in [6.45, 7) is 3.17. The van der Waals surface area contributed by atoms with Gasteiger partial charge in [-0.15, -0.1) is 0 Å². The molecule has 0 radical (unpaired) electrons. The number of carbonyl (C=O) groups excluding carboxylic acids is 1. The summed E-state index contributed by atoms with van der Waals surface area (Å²) in [5.74, 6) is 1.06. The third-order valence-corrected chi connectivity index (χ3v) is 5.90. The van der Waals surface area contributed by atoms with E-state index in [1.165, 1.54) is 10.3 Å². The first-order valence-corrected chi connectivity index (χ1v) is 9.47. The van der Waals surface area contributed by atoms with E-state index < -0.39 is 0 Å². The van der Waals surface area contributed by atoms with Crippen molar-refractivity contribution in [3.8, 4) is 5.75 Å². The van der Waals surface area contributed by atoms with Gasteiger partial charge >= 0.3 is 0 Å². The zero-order valence-electron chi connectivity index (χ0n) is 14.8. The van der Waals surface area contributed by atoms with Crippen LogP contribution in [-0.4, -0.2) is 37.1 Å². The summed E-state index contributed by atoms with van der Waals surface area (Å²) >= 11 is 1.70. The molecule has 26 heavy (non-hydrogen) atoms. The van der Waals surface area contributed by atoms with Gasteiger partial charge in [0.1, 0.15) is 5.75 Å². The van der Waals surface area contributed by atoms with Crippen molar-refractivity contribution in [2.75, 3.05) is 25.1 Å². The second-order valence-corrected chi connectivity index (χ2v) is 7.56. The van der Waals surface area contributed by atoms with E-state index in [0.717, 1.165) is 29.5 Å². The lowest BCUT2D eigenvalue weighted by atomic mass is 9.94. The van der Waals surface area contributed by atoms with Crippen LogP contribution in [0.3, 0.4) is 0 Å². The highest BCUT2D eigenvalue weighted by Gasteiger charge is 2.35. The number of hydrogen-bond donors (Lipinski definition) is 1. The number of para-hydroxylation sites is 1. The number of anilines is 1. The third kappa shape index (κ3) is 3.24. The molecule has 1 N–H and O–H groups in total. The molecule has 2 heterocycles. The average Bonchev–Trinajstić information content (AvgIpc) is 3.25. The number of rotatable bonds is 4. The van der Waals surface area contributed by atoms with Gasteiger partial charge in [0, 0.05) is 25.9 Å². The highest BCUT2D eigenvalue weighted by molar-refractivity contribution is 7.22. The molecule has 4 rings (SSSR count). The summed E-state index contributed by atoms with van der Waals surface area (Å²) in [7, 11) is 1.67. The first kappa shape index (κ1) is 16.8. The number of nitrogens with zero attached hydrogens (tertiary/aromatic N) is 2. The zero-order chi connectivity index (χ0) is 18.1. The van der Waals surface area contributed by atoms with Crippen LogP contribution in [-0.2, 0) is 4.79 Å². The minimum Gasteiger partial charge on any atom is -0.497 e. The Morgan fingerprint density at radius 1 is 1.19 bits per heavy atom. The van der Waals surface area contributed by atoms with Gasteiger partial charge in [0.2, 0.25) is 5.91 Å². The summed E-state index contributed by atoms with van der Waals surface area (Å²) < 4.78 is 6.45. The van der Waals surface area contributed by atoms with Gasteiger partial charge in [-0.05, 0) is 29.8 Å². The number of ether oxygens (including phenoxy) is 1. The molecule has 2 atom stereocenters. The van der Waals surface area contributed by atoms with Gasteiger partial charge in [-0.2, -0.15) is 0 Å². The lowest BCUT2D eigenvalue weighted by molar-refractivity contribution is -0.119. The fraction of sp³-hybridized carbons (Fsp3) is 0.300. The van der Waals surface area contributed by atoms with E-state index in [-0.39, 0.29) is 17.9 Å². The molecular formula is C20H21N3O2S. The molecule has 1 aromatic heterocycles. The van der Waals surface area contributed by atoms with Crippen molar-refractivity contribution >= 4 is 32.6 Å². The van der Waals surface area contributed by atoms with Gasteiger partial charge in [-0.1, -0.05) is 35.6 Å².